The number of nitrogens with zero attached hydrogens (tertiary/aromatic N) is 1. The summed E-state index contributed by atoms with van der Waals surface area (Å²) < 4.78 is 36.5. The first kappa shape index (κ1) is 15.9. The molecule has 1 aliphatic rings. The van der Waals surface area contributed by atoms with Crippen molar-refractivity contribution in [1.29, 1.82) is 0 Å². The maximum atomic E-state index is 13.1. The summed E-state index contributed by atoms with van der Waals surface area (Å²) in [6, 6.07) is 8.63. The van der Waals surface area contributed by atoms with E-state index in [9.17, 15) is 17.6 Å². The predicted molar refractivity (Wildman–Crippen MR) is 88.6 cm³/mol. The van der Waals surface area contributed by atoms with Gasteiger partial charge >= 0.3 is 0 Å². The second kappa shape index (κ2) is 6.25. The largest absolute Gasteiger partial charge is 0.304 e. The number of rotatable bonds is 4. The zero-order chi connectivity index (χ0) is 16.4. The van der Waals surface area contributed by atoms with E-state index >= 15 is 0 Å². The van der Waals surface area contributed by atoms with Gasteiger partial charge in [-0.1, -0.05) is 6.07 Å². The Morgan fingerprint density at radius 2 is 2.00 bits per heavy atom. The number of thiophene rings is 1. The van der Waals surface area contributed by atoms with Crippen LogP contribution in [-0.2, 0) is 21.1 Å². The van der Waals surface area contributed by atoms with Gasteiger partial charge in [-0.15, -0.1) is 11.3 Å². The van der Waals surface area contributed by atoms with Gasteiger partial charge in [-0.3, -0.25) is 4.79 Å². The number of benzene rings is 1. The summed E-state index contributed by atoms with van der Waals surface area (Å²) in [7, 11) is -3.30. The van der Waals surface area contributed by atoms with Crippen LogP contribution >= 0.6 is 11.3 Å². The number of amides is 1. The molecule has 0 spiro atoms. The van der Waals surface area contributed by atoms with E-state index in [1.165, 1.54) is 46.6 Å². The molecule has 23 heavy (non-hydrogen) atoms. The van der Waals surface area contributed by atoms with E-state index in [4.69, 9.17) is 0 Å². The van der Waals surface area contributed by atoms with Crippen LogP contribution in [0.1, 0.15) is 4.88 Å². The molecule has 1 amide bonds. The van der Waals surface area contributed by atoms with Crippen LogP contribution in [0.2, 0.25) is 0 Å². The molecule has 1 aliphatic heterocycles. The minimum Gasteiger partial charge on any atom is -0.304 e. The first-order valence-electron chi connectivity index (χ1n) is 6.95. The second-order valence-electron chi connectivity index (χ2n) is 5.22. The van der Waals surface area contributed by atoms with E-state index in [0.29, 0.717) is 5.69 Å². The van der Waals surface area contributed by atoms with Gasteiger partial charge in [0.2, 0.25) is 5.91 Å². The fourth-order valence-electron chi connectivity index (χ4n) is 2.49. The molecule has 1 atom stereocenters. The molecule has 120 valence electrons. The third-order valence-corrected chi connectivity index (χ3v) is 5.78. The molecular weight excluding hydrogens is 337 g/mol. The Bertz CT molecular complexity index is 827. The highest BCUT2D eigenvalue weighted by atomic mass is 32.2. The van der Waals surface area contributed by atoms with Crippen LogP contribution in [0.15, 0.2) is 53.3 Å². The van der Waals surface area contributed by atoms with E-state index in [1.54, 1.807) is 0 Å². The predicted octanol–water partition coefficient (Wildman–Crippen LogP) is 2.77. The van der Waals surface area contributed by atoms with Crippen LogP contribution < -0.4 is 4.90 Å². The van der Waals surface area contributed by atoms with Crippen molar-refractivity contribution in [1.82, 2.24) is 0 Å². The van der Waals surface area contributed by atoms with Crippen molar-refractivity contribution < 1.29 is 17.6 Å². The second-order valence-corrected chi connectivity index (χ2v) is 8.19. The smallest absolute Gasteiger partial charge is 0.232 e. The minimum atomic E-state index is -3.30. The number of hydrogen-bond donors (Lipinski definition) is 0. The highest BCUT2D eigenvalue weighted by Gasteiger charge is 2.31. The summed E-state index contributed by atoms with van der Waals surface area (Å²) in [4.78, 5) is 15.0. The van der Waals surface area contributed by atoms with Crippen molar-refractivity contribution in [2.75, 3.05) is 10.7 Å². The van der Waals surface area contributed by atoms with Gasteiger partial charge in [0.1, 0.15) is 5.82 Å². The number of carbonyl (C=O) groups excluding carboxylic acids is 1. The molecular formula is C16H14FNO3S2. The molecule has 1 aromatic heterocycles. The molecule has 0 bridgehead atoms. The van der Waals surface area contributed by atoms with Crippen molar-refractivity contribution in [3.8, 4) is 0 Å². The molecule has 0 saturated carbocycles. The fraction of sp³-hybridized carbons (Fsp3) is 0.188. The van der Waals surface area contributed by atoms with Crippen LogP contribution in [-0.4, -0.2) is 26.1 Å². The SMILES string of the molecule is O=C(Cc1cccs1)N(c1ccc(F)cc1)[C@H]1C=CS(=O)(=O)C1. The molecule has 0 fully saturated rings. The lowest BCUT2D eigenvalue weighted by Crippen LogP contribution is -2.42. The highest BCUT2D eigenvalue weighted by Crippen LogP contribution is 2.24. The summed E-state index contributed by atoms with van der Waals surface area (Å²) in [6.45, 7) is 0. The molecule has 2 aromatic rings. The van der Waals surface area contributed by atoms with Gasteiger partial charge in [0.05, 0.1) is 18.2 Å². The average Bonchev–Trinajstić information content (AvgIpc) is 3.11. The van der Waals surface area contributed by atoms with Crippen LogP contribution in [0, 0.1) is 5.82 Å². The van der Waals surface area contributed by atoms with Gasteiger partial charge in [0, 0.05) is 16.0 Å². The molecule has 7 heteroatoms. The maximum absolute atomic E-state index is 13.1. The van der Waals surface area contributed by atoms with Gasteiger partial charge in [0.15, 0.2) is 9.84 Å². The number of sulfone groups is 1. The van der Waals surface area contributed by atoms with Gasteiger partial charge in [-0.2, -0.15) is 0 Å². The van der Waals surface area contributed by atoms with Crippen LogP contribution in [0.4, 0.5) is 10.1 Å². The molecule has 3 rings (SSSR count). The van der Waals surface area contributed by atoms with E-state index in [-0.39, 0.29) is 18.1 Å². The van der Waals surface area contributed by atoms with Gasteiger partial charge < -0.3 is 4.90 Å². The summed E-state index contributed by atoms with van der Waals surface area (Å²) in [5.74, 6) is -0.777. The van der Waals surface area contributed by atoms with Gasteiger partial charge in [-0.25, -0.2) is 12.8 Å². The quantitative estimate of drug-likeness (QED) is 0.851. The van der Waals surface area contributed by atoms with Gasteiger partial charge in [-0.05, 0) is 41.8 Å². The Labute approximate surface area is 137 Å². The van der Waals surface area contributed by atoms with Crippen LogP contribution in [0.25, 0.3) is 0 Å². The number of hydrogen-bond acceptors (Lipinski definition) is 4. The number of anilines is 1. The first-order chi connectivity index (χ1) is 10.9. The standard InChI is InChI=1S/C16H14FNO3S2/c17-12-3-5-13(6-4-12)18(14-7-9-23(20,21)11-14)16(19)10-15-2-1-8-22-15/h1-9,14H,10-11H2/t14-/m0/s1. The summed E-state index contributed by atoms with van der Waals surface area (Å²) in [5, 5.41) is 3.01. The molecule has 0 unspecified atom stereocenters. The Morgan fingerprint density at radius 3 is 2.57 bits per heavy atom. The first-order valence-corrected chi connectivity index (χ1v) is 9.55. The summed E-state index contributed by atoms with van der Waals surface area (Å²) in [6.07, 6.45) is 1.68. The molecule has 0 aliphatic carbocycles. The minimum absolute atomic E-state index is 0.152. The Kier molecular flexibility index (Phi) is 4.32. The topological polar surface area (TPSA) is 54.5 Å². The van der Waals surface area contributed by atoms with Crippen molar-refractivity contribution >= 4 is 32.8 Å². The average molecular weight is 351 g/mol. The third-order valence-electron chi connectivity index (χ3n) is 3.52. The Balaban J connectivity index is 1.91. The molecule has 0 saturated heterocycles. The maximum Gasteiger partial charge on any atom is 0.232 e. The van der Waals surface area contributed by atoms with Gasteiger partial charge in [0.25, 0.3) is 0 Å². The van der Waals surface area contributed by atoms with Crippen molar-refractivity contribution in [3.05, 3.63) is 64.0 Å². The van der Waals surface area contributed by atoms with E-state index in [0.717, 1.165) is 10.3 Å². The van der Waals surface area contributed by atoms with Crippen LogP contribution in [0.5, 0.6) is 0 Å². The molecule has 4 nitrogen and oxygen atoms in total. The third kappa shape index (κ3) is 3.68. The van der Waals surface area contributed by atoms with Crippen molar-refractivity contribution in [2.24, 2.45) is 0 Å². The zero-order valence-electron chi connectivity index (χ0n) is 12.1. The molecule has 0 N–H and O–H groups in total. The number of carbonyl (C=O) groups is 1. The van der Waals surface area contributed by atoms with E-state index < -0.39 is 21.7 Å². The molecule has 2 heterocycles. The number of halogens is 1. The Morgan fingerprint density at radius 1 is 1.26 bits per heavy atom. The monoisotopic (exact) mass is 351 g/mol. The lowest BCUT2D eigenvalue weighted by molar-refractivity contribution is -0.118. The van der Waals surface area contributed by atoms with Crippen molar-refractivity contribution in [3.63, 3.8) is 0 Å². The van der Waals surface area contributed by atoms with E-state index in [1.807, 2.05) is 17.5 Å². The summed E-state index contributed by atoms with van der Waals surface area (Å²) in [5.41, 5.74) is 0.486. The Hall–Kier alpha value is -1.99. The van der Waals surface area contributed by atoms with E-state index in [2.05, 4.69) is 0 Å². The lowest BCUT2D eigenvalue weighted by Gasteiger charge is -2.27. The van der Waals surface area contributed by atoms with Crippen molar-refractivity contribution in [2.45, 2.75) is 12.5 Å². The van der Waals surface area contributed by atoms with Crippen LogP contribution in [0.3, 0.4) is 0 Å². The lowest BCUT2D eigenvalue weighted by atomic mass is 10.2. The zero-order valence-corrected chi connectivity index (χ0v) is 13.7. The highest BCUT2D eigenvalue weighted by molar-refractivity contribution is 7.94. The fourth-order valence-corrected chi connectivity index (χ4v) is 4.45. The molecule has 0 radical (unpaired) electrons. The summed E-state index contributed by atoms with van der Waals surface area (Å²) >= 11 is 1.46. The molecule has 1 aromatic carbocycles. The normalized spacial score (nSPS) is 18.9.